The first kappa shape index (κ1) is 19.5. The maximum atomic E-state index is 12.1. The van der Waals surface area contributed by atoms with Gasteiger partial charge in [-0.3, -0.25) is 9.10 Å². The zero-order valence-corrected chi connectivity index (χ0v) is 15.5. The van der Waals surface area contributed by atoms with E-state index in [4.69, 9.17) is 0 Å². The molecule has 1 aromatic carbocycles. The number of amides is 1. The van der Waals surface area contributed by atoms with E-state index in [2.05, 4.69) is 19.2 Å². The molecule has 0 aliphatic rings. The summed E-state index contributed by atoms with van der Waals surface area (Å²) in [7, 11) is -3.43. The van der Waals surface area contributed by atoms with Crippen molar-refractivity contribution in [1.29, 1.82) is 0 Å². The minimum atomic E-state index is -3.43. The minimum absolute atomic E-state index is 0.121. The van der Waals surface area contributed by atoms with Crippen LogP contribution in [0, 0.1) is 19.8 Å². The van der Waals surface area contributed by atoms with Crippen LogP contribution < -0.4 is 9.62 Å². The highest BCUT2D eigenvalue weighted by Crippen LogP contribution is 2.24. The maximum absolute atomic E-state index is 12.1. The van der Waals surface area contributed by atoms with Crippen molar-refractivity contribution in [1.82, 2.24) is 5.32 Å². The molecular formula is C17H28N2O3S. The molecule has 0 heterocycles. The van der Waals surface area contributed by atoms with Crippen LogP contribution in [0.25, 0.3) is 0 Å². The van der Waals surface area contributed by atoms with Crippen LogP contribution >= 0.6 is 0 Å². The SMILES string of the molecule is Cc1ccc(C)c(N(CCC(=O)NCCC(C)C)S(C)(=O)=O)c1. The Labute approximate surface area is 140 Å². The van der Waals surface area contributed by atoms with Gasteiger partial charge < -0.3 is 5.32 Å². The van der Waals surface area contributed by atoms with Crippen LogP contribution in [0.1, 0.15) is 37.8 Å². The van der Waals surface area contributed by atoms with Gasteiger partial charge in [0.15, 0.2) is 0 Å². The van der Waals surface area contributed by atoms with E-state index in [1.165, 1.54) is 10.6 Å². The molecule has 1 aromatic rings. The molecule has 0 spiro atoms. The van der Waals surface area contributed by atoms with E-state index in [1.54, 1.807) is 0 Å². The molecular weight excluding hydrogens is 312 g/mol. The third kappa shape index (κ3) is 6.60. The second-order valence-electron chi connectivity index (χ2n) is 6.41. The number of sulfonamides is 1. The highest BCUT2D eigenvalue weighted by Gasteiger charge is 2.20. The van der Waals surface area contributed by atoms with E-state index in [0.29, 0.717) is 18.2 Å². The molecule has 5 nitrogen and oxygen atoms in total. The average molecular weight is 340 g/mol. The fourth-order valence-corrected chi connectivity index (χ4v) is 3.22. The Bertz CT molecular complexity index is 639. The van der Waals surface area contributed by atoms with Crippen molar-refractivity contribution in [2.45, 2.75) is 40.5 Å². The van der Waals surface area contributed by atoms with Gasteiger partial charge in [0.2, 0.25) is 15.9 Å². The number of carbonyl (C=O) groups is 1. The number of rotatable bonds is 8. The molecule has 1 amide bonds. The maximum Gasteiger partial charge on any atom is 0.232 e. The first-order chi connectivity index (χ1) is 10.6. The van der Waals surface area contributed by atoms with Gasteiger partial charge in [-0.25, -0.2) is 8.42 Å². The molecule has 0 fully saturated rings. The van der Waals surface area contributed by atoms with Crippen LogP contribution in [-0.4, -0.2) is 33.7 Å². The van der Waals surface area contributed by atoms with E-state index in [-0.39, 0.29) is 18.9 Å². The lowest BCUT2D eigenvalue weighted by Gasteiger charge is -2.24. The lowest BCUT2D eigenvalue weighted by atomic mass is 10.1. The van der Waals surface area contributed by atoms with E-state index in [1.807, 2.05) is 32.0 Å². The quantitative estimate of drug-likeness (QED) is 0.791. The molecule has 0 saturated heterocycles. The number of nitrogens with zero attached hydrogens (tertiary/aromatic N) is 1. The van der Waals surface area contributed by atoms with Crippen LogP contribution in [0.15, 0.2) is 18.2 Å². The smallest absolute Gasteiger partial charge is 0.232 e. The molecule has 1 N–H and O–H groups in total. The molecule has 0 aromatic heterocycles. The average Bonchev–Trinajstić information content (AvgIpc) is 2.41. The van der Waals surface area contributed by atoms with Crippen LogP contribution in [0.4, 0.5) is 5.69 Å². The van der Waals surface area contributed by atoms with Gasteiger partial charge in [0.05, 0.1) is 11.9 Å². The van der Waals surface area contributed by atoms with Crippen LogP contribution in [0.3, 0.4) is 0 Å². The standard InChI is InChI=1S/C17H28N2O3S/c1-13(2)8-10-18-17(20)9-11-19(23(5,21)22)16-12-14(3)6-7-15(16)4/h6-7,12-13H,8-11H2,1-5H3,(H,18,20). The molecule has 0 aliphatic heterocycles. The van der Waals surface area contributed by atoms with Gasteiger partial charge in [-0.05, 0) is 43.4 Å². The fraction of sp³-hybridized carbons (Fsp3) is 0.588. The highest BCUT2D eigenvalue weighted by atomic mass is 32.2. The van der Waals surface area contributed by atoms with Gasteiger partial charge in [0.1, 0.15) is 0 Å². The Kier molecular flexibility index (Phi) is 7.06. The Morgan fingerprint density at radius 3 is 2.48 bits per heavy atom. The number of anilines is 1. The van der Waals surface area contributed by atoms with Gasteiger partial charge in [0, 0.05) is 19.5 Å². The molecule has 0 saturated carbocycles. The Hall–Kier alpha value is -1.56. The Balaban J connectivity index is 2.78. The van der Waals surface area contributed by atoms with E-state index >= 15 is 0 Å². The summed E-state index contributed by atoms with van der Waals surface area (Å²) >= 11 is 0. The summed E-state index contributed by atoms with van der Waals surface area (Å²) in [5, 5.41) is 2.84. The van der Waals surface area contributed by atoms with E-state index < -0.39 is 10.0 Å². The number of benzene rings is 1. The van der Waals surface area contributed by atoms with Gasteiger partial charge in [-0.2, -0.15) is 0 Å². The van der Waals surface area contributed by atoms with Crippen molar-refractivity contribution in [2.24, 2.45) is 5.92 Å². The summed E-state index contributed by atoms with van der Waals surface area (Å²) in [6.07, 6.45) is 2.24. The molecule has 0 unspecified atom stereocenters. The second-order valence-corrected chi connectivity index (χ2v) is 8.31. The van der Waals surface area contributed by atoms with Gasteiger partial charge in [-0.1, -0.05) is 26.0 Å². The second kappa shape index (κ2) is 8.34. The topological polar surface area (TPSA) is 66.5 Å². The van der Waals surface area contributed by atoms with Crippen molar-refractivity contribution >= 4 is 21.6 Å². The monoisotopic (exact) mass is 340 g/mol. The van der Waals surface area contributed by atoms with Crippen molar-refractivity contribution in [3.63, 3.8) is 0 Å². The minimum Gasteiger partial charge on any atom is -0.356 e. The van der Waals surface area contributed by atoms with Gasteiger partial charge in [-0.15, -0.1) is 0 Å². The molecule has 0 radical (unpaired) electrons. The van der Waals surface area contributed by atoms with Crippen LogP contribution in [0.5, 0.6) is 0 Å². The van der Waals surface area contributed by atoms with Crippen molar-refractivity contribution in [3.05, 3.63) is 29.3 Å². The number of hydrogen-bond acceptors (Lipinski definition) is 3. The van der Waals surface area contributed by atoms with Gasteiger partial charge in [0.25, 0.3) is 0 Å². The Morgan fingerprint density at radius 1 is 1.26 bits per heavy atom. The fourth-order valence-electron chi connectivity index (χ4n) is 2.24. The number of nitrogens with one attached hydrogen (secondary N) is 1. The predicted molar refractivity (Wildman–Crippen MR) is 95.2 cm³/mol. The number of aryl methyl sites for hydroxylation is 2. The van der Waals surface area contributed by atoms with Crippen molar-refractivity contribution < 1.29 is 13.2 Å². The summed E-state index contributed by atoms with van der Waals surface area (Å²) in [6, 6.07) is 5.68. The molecule has 130 valence electrons. The third-order valence-corrected chi connectivity index (χ3v) is 4.80. The summed E-state index contributed by atoms with van der Waals surface area (Å²) in [6.45, 7) is 8.75. The van der Waals surface area contributed by atoms with E-state index in [9.17, 15) is 13.2 Å². The molecule has 0 atom stereocenters. The zero-order chi connectivity index (χ0) is 17.6. The lowest BCUT2D eigenvalue weighted by Crippen LogP contribution is -2.35. The molecule has 23 heavy (non-hydrogen) atoms. The number of hydrogen-bond donors (Lipinski definition) is 1. The number of carbonyl (C=O) groups excluding carboxylic acids is 1. The van der Waals surface area contributed by atoms with Crippen LogP contribution in [-0.2, 0) is 14.8 Å². The summed E-state index contributed by atoms with van der Waals surface area (Å²) in [4.78, 5) is 11.9. The van der Waals surface area contributed by atoms with Gasteiger partial charge >= 0.3 is 0 Å². The first-order valence-electron chi connectivity index (χ1n) is 7.93. The third-order valence-electron chi connectivity index (χ3n) is 3.62. The van der Waals surface area contributed by atoms with Crippen molar-refractivity contribution in [3.8, 4) is 0 Å². The van der Waals surface area contributed by atoms with Crippen LogP contribution in [0.2, 0.25) is 0 Å². The summed E-state index contributed by atoms with van der Waals surface area (Å²) < 4.78 is 25.5. The summed E-state index contributed by atoms with van der Waals surface area (Å²) in [5.74, 6) is 0.405. The molecule has 1 rings (SSSR count). The summed E-state index contributed by atoms with van der Waals surface area (Å²) in [5.41, 5.74) is 2.50. The van der Waals surface area contributed by atoms with E-state index in [0.717, 1.165) is 17.5 Å². The van der Waals surface area contributed by atoms with Crippen molar-refractivity contribution in [2.75, 3.05) is 23.7 Å². The zero-order valence-electron chi connectivity index (χ0n) is 14.7. The normalized spacial score (nSPS) is 11.6. The predicted octanol–water partition coefficient (Wildman–Crippen LogP) is 2.62. The Morgan fingerprint density at radius 2 is 1.91 bits per heavy atom. The molecule has 0 bridgehead atoms. The lowest BCUT2D eigenvalue weighted by molar-refractivity contribution is -0.120. The largest absolute Gasteiger partial charge is 0.356 e. The molecule has 0 aliphatic carbocycles. The first-order valence-corrected chi connectivity index (χ1v) is 9.77. The highest BCUT2D eigenvalue weighted by molar-refractivity contribution is 7.92. The molecule has 6 heteroatoms.